The Bertz CT molecular complexity index is 1420. The van der Waals surface area contributed by atoms with E-state index in [0.29, 0.717) is 9.54 Å². The van der Waals surface area contributed by atoms with E-state index in [4.69, 9.17) is 0 Å². The SMILES string of the molecule is CC1=[C](/[Zr+2](=[CH]/c2ccccc2)[CH]2c3ccccc3-c3ccccc32)C(C)C=C1c1ccccc1.[Cl-].[Cl-]. The number of rotatable bonds is 4. The average molecular weight is 587 g/mol. The molecule has 0 nitrogen and oxygen atoms in total. The Morgan fingerprint density at radius 1 is 0.639 bits per heavy atom. The van der Waals surface area contributed by atoms with E-state index in [0.717, 1.165) is 0 Å². The summed E-state index contributed by atoms with van der Waals surface area (Å²) in [6.07, 6.45) is 2.52. The number of allylic oxidation sites excluding steroid dienone is 4. The molecule has 0 spiro atoms. The Balaban J connectivity index is 0.00000152. The first-order chi connectivity index (χ1) is 16.7. The maximum atomic E-state index is 2.71. The van der Waals surface area contributed by atoms with Gasteiger partial charge in [-0.05, 0) is 0 Å². The Kier molecular flexibility index (Phi) is 8.46. The molecule has 0 saturated carbocycles. The van der Waals surface area contributed by atoms with Crippen LogP contribution in [0.25, 0.3) is 16.7 Å². The van der Waals surface area contributed by atoms with Gasteiger partial charge in [-0.3, -0.25) is 0 Å². The molecule has 0 aliphatic heterocycles. The third-order valence-corrected chi connectivity index (χ3v) is 15.6. The van der Waals surface area contributed by atoms with Gasteiger partial charge in [0.1, 0.15) is 0 Å². The molecule has 4 aromatic carbocycles. The molecule has 2 aliphatic rings. The maximum Gasteiger partial charge on any atom is -1.00 e. The van der Waals surface area contributed by atoms with Crippen LogP contribution in [0.1, 0.15) is 39.7 Å². The molecule has 0 fully saturated rings. The van der Waals surface area contributed by atoms with Gasteiger partial charge in [0.05, 0.1) is 0 Å². The van der Waals surface area contributed by atoms with Crippen LogP contribution in [0.4, 0.5) is 0 Å². The monoisotopic (exact) mass is 584 g/mol. The molecule has 0 bridgehead atoms. The standard InChI is InChI=1S/C13H9.C13H13.C7H6.2ClH.Zr/c1-3-7-12-10(5-1)9-11-6-2-4-8-13(11)12;1-10-8-11(2)13(9-10)12-6-4-3-5-7-12;1-7-5-3-2-4-6-7;;;/h1-9H;3-7,9-10H,1-2H3;1-6H;2*1H;/q;;;;;+2/p-2. The zero-order chi connectivity index (χ0) is 23.1. The first kappa shape index (κ1) is 26.7. The summed E-state index contributed by atoms with van der Waals surface area (Å²) in [7, 11) is 0. The van der Waals surface area contributed by atoms with E-state index < -0.39 is 21.3 Å². The van der Waals surface area contributed by atoms with Crippen LogP contribution in [-0.4, -0.2) is 3.71 Å². The van der Waals surface area contributed by atoms with Gasteiger partial charge in [0.2, 0.25) is 0 Å². The molecular weight excluding hydrogens is 558 g/mol. The van der Waals surface area contributed by atoms with Gasteiger partial charge in [0.25, 0.3) is 0 Å². The Morgan fingerprint density at radius 2 is 1.14 bits per heavy atom. The molecule has 2 aliphatic carbocycles. The summed E-state index contributed by atoms with van der Waals surface area (Å²) in [5.41, 5.74) is 11.6. The first-order valence-electron chi connectivity index (χ1n) is 12.2. The molecular formula is C33H28Cl2Zr. The molecule has 0 aromatic heterocycles. The van der Waals surface area contributed by atoms with Crippen molar-refractivity contribution in [3.05, 3.63) is 146 Å². The second kappa shape index (κ2) is 11.4. The minimum absolute atomic E-state index is 0. The Morgan fingerprint density at radius 3 is 1.72 bits per heavy atom. The molecule has 4 aromatic rings. The van der Waals surface area contributed by atoms with E-state index in [9.17, 15) is 0 Å². The summed E-state index contributed by atoms with van der Waals surface area (Å²) in [5, 5.41) is 0. The fourth-order valence-electron chi connectivity index (χ4n) is 5.89. The van der Waals surface area contributed by atoms with Gasteiger partial charge in [-0.2, -0.15) is 0 Å². The van der Waals surface area contributed by atoms with Gasteiger partial charge in [-0.1, -0.05) is 0 Å². The largest absolute Gasteiger partial charge is 1.00 e. The van der Waals surface area contributed by atoms with Crippen LogP contribution in [0, 0.1) is 5.92 Å². The number of hydrogen-bond donors (Lipinski definition) is 0. The normalized spacial score (nSPS) is 16.1. The van der Waals surface area contributed by atoms with E-state index in [1.165, 1.54) is 44.5 Å². The maximum absolute atomic E-state index is 2.71. The third-order valence-electron chi connectivity index (χ3n) is 7.34. The second-order valence-electron chi connectivity index (χ2n) is 9.39. The van der Waals surface area contributed by atoms with Crippen molar-refractivity contribution in [1.29, 1.82) is 0 Å². The molecule has 3 heteroatoms. The molecule has 0 amide bonds. The molecule has 0 saturated heterocycles. The van der Waals surface area contributed by atoms with Crippen molar-refractivity contribution in [2.75, 3.05) is 0 Å². The minimum Gasteiger partial charge on any atom is -1.00 e. The van der Waals surface area contributed by atoms with E-state index in [1.54, 1.807) is 3.28 Å². The van der Waals surface area contributed by atoms with Gasteiger partial charge in [0.15, 0.2) is 0 Å². The van der Waals surface area contributed by atoms with Gasteiger partial charge in [-0.15, -0.1) is 0 Å². The van der Waals surface area contributed by atoms with Crippen LogP contribution >= 0.6 is 0 Å². The summed E-state index contributed by atoms with van der Waals surface area (Å²) in [6.45, 7) is 4.80. The molecule has 6 rings (SSSR count). The topological polar surface area (TPSA) is 0 Å². The third kappa shape index (κ3) is 4.70. The summed E-state index contributed by atoms with van der Waals surface area (Å²) in [4.78, 5) is 0. The minimum atomic E-state index is -2.40. The molecule has 1 atom stereocenters. The summed E-state index contributed by atoms with van der Waals surface area (Å²) in [5.74, 6) is 0.476. The van der Waals surface area contributed by atoms with Gasteiger partial charge in [0, 0.05) is 0 Å². The quantitative estimate of drug-likeness (QED) is 0.344. The fourth-order valence-corrected chi connectivity index (χ4v) is 14.6. The van der Waals surface area contributed by atoms with Gasteiger partial charge < -0.3 is 24.8 Å². The van der Waals surface area contributed by atoms with Crippen LogP contribution < -0.4 is 24.8 Å². The summed E-state index contributed by atoms with van der Waals surface area (Å²) in [6, 6.07) is 40.3. The smallest absolute Gasteiger partial charge is 1.00 e. The van der Waals surface area contributed by atoms with Crippen molar-refractivity contribution in [2.45, 2.75) is 17.5 Å². The van der Waals surface area contributed by atoms with Crippen LogP contribution in [0.3, 0.4) is 0 Å². The summed E-state index contributed by atoms with van der Waals surface area (Å²) < 4.78 is 4.95. The van der Waals surface area contributed by atoms with Gasteiger partial charge >= 0.3 is 211 Å². The van der Waals surface area contributed by atoms with E-state index in [2.05, 4.69) is 133 Å². The van der Waals surface area contributed by atoms with Crippen molar-refractivity contribution in [1.82, 2.24) is 0 Å². The first-order valence-corrected chi connectivity index (χ1v) is 16.2. The predicted octanol–water partition coefficient (Wildman–Crippen LogP) is 2.24. The zero-order valence-electron chi connectivity index (χ0n) is 20.5. The molecule has 0 radical (unpaired) electrons. The number of hydrogen-bond acceptors (Lipinski definition) is 0. The number of benzene rings is 4. The molecule has 36 heavy (non-hydrogen) atoms. The predicted molar refractivity (Wildman–Crippen MR) is 142 cm³/mol. The fraction of sp³-hybridized carbons (Fsp3) is 0.121. The number of fused-ring (bicyclic) bond motifs is 3. The van der Waals surface area contributed by atoms with Crippen LogP contribution in [0.15, 0.2) is 124 Å². The van der Waals surface area contributed by atoms with Gasteiger partial charge in [-0.25, -0.2) is 0 Å². The van der Waals surface area contributed by atoms with Crippen LogP contribution in [-0.2, 0) is 21.3 Å². The van der Waals surface area contributed by atoms with Crippen molar-refractivity contribution < 1.29 is 46.1 Å². The van der Waals surface area contributed by atoms with E-state index in [1.807, 2.05) is 0 Å². The molecule has 1 unspecified atom stereocenters. The summed E-state index contributed by atoms with van der Waals surface area (Å²) >= 11 is -2.40. The molecule has 0 N–H and O–H groups in total. The van der Waals surface area contributed by atoms with Crippen molar-refractivity contribution in [3.63, 3.8) is 0 Å². The Labute approximate surface area is 234 Å². The van der Waals surface area contributed by atoms with Crippen molar-refractivity contribution >= 4 is 9.28 Å². The molecule has 0 heterocycles. The van der Waals surface area contributed by atoms with Crippen molar-refractivity contribution in [3.8, 4) is 11.1 Å². The van der Waals surface area contributed by atoms with Crippen molar-refractivity contribution in [2.24, 2.45) is 5.92 Å². The van der Waals surface area contributed by atoms with Crippen LogP contribution in [0.2, 0.25) is 0 Å². The second-order valence-corrected chi connectivity index (χ2v) is 15.1. The average Bonchev–Trinajstić information content (AvgIpc) is 3.38. The molecule has 178 valence electrons. The van der Waals surface area contributed by atoms with E-state index in [-0.39, 0.29) is 24.8 Å². The zero-order valence-corrected chi connectivity index (χ0v) is 24.4. The van der Waals surface area contributed by atoms with E-state index >= 15 is 0 Å². The Hall–Kier alpha value is -2.31. The number of halogens is 2. The van der Waals surface area contributed by atoms with Crippen LogP contribution in [0.5, 0.6) is 0 Å².